The SMILES string of the molecule is CCCCCCCC(C)CC(CC=CC=CC(=O)O)OC. The third-order valence-electron chi connectivity index (χ3n) is 3.68. The number of methoxy groups -OCH3 is 1. The van der Waals surface area contributed by atoms with E-state index in [0.717, 1.165) is 18.9 Å². The van der Waals surface area contributed by atoms with Gasteiger partial charge in [0.15, 0.2) is 0 Å². The second kappa shape index (κ2) is 13.9. The lowest BCUT2D eigenvalue weighted by molar-refractivity contribution is -0.131. The lowest BCUT2D eigenvalue weighted by Gasteiger charge is -2.18. The Labute approximate surface area is 130 Å². The van der Waals surface area contributed by atoms with Crippen LogP contribution in [0.4, 0.5) is 0 Å². The number of ether oxygens (including phenoxy) is 1. The molecule has 0 aliphatic rings. The molecule has 0 radical (unpaired) electrons. The van der Waals surface area contributed by atoms with Crippen molar-refractivity contribution in [2.75, 3.05) is 7.11 Å². The summed E-state index contributed by atoms with van der Waals surface area (Å²) in [7, 11) is 1.75. The molecular formula is C18H32O3. The second-order valence-corrected chi connectivity index (χ2v) is 5.76. The van der Waals surface area contributed by atoms with E-state index in [0.29, 0.717) is 5.92 Å². The van der Waals surface area contributed by atoms with E-state index < -0.39 is 5.97 Å². The number of carbonyl (C=O) groups is 1. The van der Waals surface area contributed by atoms with Crippen molar-refractivity contribution in [1.29, 1.82) is 0 Å². The molecule has 122 valence electrons. The summed E-state index contributed by atoms with van der Waals surface area (Å²) in [4.78, 5) is 10.3. The molecule has 0 rings (SSSR count). The highest BCUT2D eigenvalue weighted by molar-refractivity contribution is 5.80. The van der Waals surface area contributed by atoms with Gasteiger partial charge in [0, 0.05) is 13.2 Å². The van der Waals surface area contributed by atoms with E-state index in [2.05, 4.69) is 13.8 Å². The quantitative estimate of drug-likeness (QED) is 0.296. The minimum absolute atomic E-state index is 0.227. The molecule has 0 spiro atoms. The summed E-state index contributed by atoms with van der Waals surface area (Å²) in [5, 5.41) is 8.48. The molecule has 1 N–H and O–H groups in total. The molecular weight excluding hydrogens is 264 g/mol. The predicted molar refractivity (Wildman–Crippen MR) is 88.5 cm³/mol. The van der Waals surface area contributed by atoms with E-state index >= 15 is 0 Å². The van der Waals surface area contributed by atoms with Crippen LogP contribution < -0.4 is 0 Å². The van der Waals surface area contributed by atoms with Gasteiger partial charge in [0.05, 0.1) is 6.10 Å². The summed E-state index contributed by atoms with van der Waals surface area (Å²) < 4.78 is 5.50. The summed E-state index contributed by atoms with van der Waals surface area (Å²) in [5.41, 5.74) is 0. The molecule has 0 bridgehead atoms. The first-order chi connectivity index (χ1) is 10.1. The van der Waals surface area contributed by atoms with E-state index in [1.54, 1.807) is 19.3 Å². The van der Waals surface area contributed by atoms with Gasteiger partial charge in [-0.1, -0.05) is 70.6 Å². The van der Waals surface area contributed by atoms with E-state index in [-0.39, 0.29) is 6.10 Å². The van der Waals surface area contributed by atoms with Crippen molar-refractivity contribution in [1.82, 2.24) is 0 Å². The van der Waals surface area contributed by atoms with Crippen LogP contribution in [-0.4, -0.2) is 24.3 Å². The zero-order valence-corrected chi connectivity index (χ0v) is 13.9. The molecule has 0 aromatic rings. The molecule has 0 saturated heterocycles. The first-order valence-corrected chi connectivity index (χ1v) is 8.19. The lowest BCUT2D eigenvalue weighted by atomic mass is 9.95. The zero-order chi connectivity index (χ0) is 15.9. The fraction of sp³-hybridized carbons (Fsp3) is 0.722. The second-order valence-electron chi connectivity index (χ2n) is 5.76. The number of hydrogen-bond acceptors (Lipinski definition) is 2. The Morgan fingerprint density at radius 2 is 1.90 bits per heavy atom. The summed E-state index contributed by atoms with van der Waals surface area (Å²) in [5.74, 6) is -0.237. The van der Waals surface area contributed by atoms with Gasteiger partial charge < -0.3 is 9.84 Å². The fourth-order valence-corrected chi connectivity index (χ4v) is 2.40. The molecule has 2 atom stereocenters. The van der Waals surface area contributed by atoms with Crippen LogP contribution in [0.3, 0.4) is 0 Å². The Balaban J connectivity index is 3.83. The molecule has 3 heteroatoms. The average Bonchev–Trinajstić information content (AvgIpc) is 2.45. The standard InChI is InChI=1S/C18H32O3/c1-4-5-6-7-9-12-16(2)15-17(21-3)13-10-8-11-14-18(19)20/h8,10-11,14,16-17H,4-7,9,12-13,15H2,1-3H3,(H,19,20). The number of unbranched alkanes of at least 4 members (excludes halogenated alkanes) is 4. The summed E-state index contributed by atoms with van der Waals surface area (Å²) in [6.45, 7) is 4.53. The highest BCUT2D eigenvalue weighted by Crippen LogP contribution is 2.19. The van der Waals surface area contributed by atoms with E-state index in [1.165, 1.54) is 38.5 Å². The zero-order valence-electron chi connectivity index (χ0n) is 13.9. The largest absolute Gasteiger partial charge is 0.478 e. The van der Waals surface area contributed by atoms with Crippen LogP contribution in [-0.2, 0) is 9.53 Å². The topological polar surface area (TPSA) is 46.5 Å². The van der Waals surface area contributed by atoms with Crippen molar-refractivity contribution in [2.24, 2.45) is 5.92 Å². The van der Waals surface area contributed by atoms with Gasteiger partial charge >= 0.3 is 5.97 Å². The van der Waals surface area contributed by atoms with Crippen LogP contribution in [0.1, 0.15) is 65.2 Å². The molecule has 0 saturated carbocycles. The van der Waals surface area contributed by atoms with Gasteiger partial charge in [-0.15, -0.1) is 0 Å². The van der Waals surface area contributed by atoms with Gasteiger partial charge in [0.1, 0.15) is 0 Å². The van der Waals surface area contributed by atoms with Crippen molar-refractivity contribution >= 4 is 5.97 Å². The first kappa shape index (κ1) is 19.9. The average molecular weight is 296 g/mol. The number of hydrogen-bond donors (Lipinski definition) is 1. The van der Waals surface area contributed by atoms with E-state index in [9.17, 15) is 4.79 Å². The third kappa shape index (κ3) is 13.6. The molecule has 0 aliphatic carbocycles. The highest BCUT2D eigenvalue weighted by Gasteiger charge is 2.11. The number of aliphatic carboxylic acids is 1. The third-order valence-corrected chi connectivity index (χ3v) is 3.68. The molecule has 0 aliphatic heterocycles. The Morgan fingerprint density at radius 3 is 2.52 bits per heavy atom. The Kier molecular flexibility index (Phi) is 13.2. The van der Waals surface area contributed by atoms with Crippen LogP contribution in [0.2, 0.25) is 0 Å². The van der Waals surface area contributed by atoms with Crippen LogP contribution in [0.5, 0.6) is 0 Å². The van der Waals surface area contributed by atoms with Gasteiger partial charge in [-0.3, -0.25) is 0 Å². The maximum absolute atomic E-state index is 10.3. The number of carboxylic acid groups (broad SMARTS) is 1. The van der Waals surface area contributed by atoms with E-state index in [4.69, 9.17) is 9.84 Å². The lowest BCUT2D eigenvalue weighted by Crippen LogP contribution is -2.14. The maximum atomic E-state index is 10.3. The van der Waals surface area contributed by atoms with Crippen LogP contribution in [0.15, 0.2) is 24.3 Å². The molecule has 21 heavy (non-hydrogen) atoms. The molecule has 0 aromatic carbocycles. The molecule has 0 fully saturated rings. The van der Waals surface area contributed by atoms with Crippen molar-refractivity contribution in [2.45, 2.75) is 71.3 Å². The van der Waals surface area contributed by atoms with E-state index in [1.807, 2.05) is 6.08 Å². The van der Waals surface area contributed by atoms with Crippen molar-refractivity contribution in [3.8, 4) is 0 Å². The van der Waals surface area contributed by atoms with Gasteiger partial charge in [-0.25, -0.2) is 4.79 Å². The van der Waals surface area contributed by atoms with Gasteiger partial charge in [-0.05, 0) is 18.8 Å². The van der Waals surface area contributed by atoms with Crippen LogP contribution in [0.25, 0.3) is 0 Å². The van der Waals surface area contributed by atoms with Gasteiger partial charge in [0.2, 0.25) is 0 Å². The molecule has 2 unspecified atom stereocenters. The maximum Gasteiger partial charge on any atom is 0.328 e. The predicted octanol–water partition coefficient (Wildman–Crippen LogP) is 4.98. The molecule has 0 aromatic heterocycles. The minimum atomic E-state index is -0.917. The highest BCUT2D eigenvalue weighted by atomic mass is 16.5. The van der Waals surface area contributed by atoms with Crippen molar-refractivity contribution in [3.05, 3.63) is 24.3 Å². The van der Waals surface area contributed by atoms with Crippen molar-refractivity contribution in [3.63, 3.8) is 0 Å². The Morgan fingerprint density at radius 1 is 1.19 bits per heavy atom. The fourth-order valence-electron chi connectivity index (χ4n) is 2.40. The Bertz CT molecular complexity index is 308. The smallest absolute Gasteiger partial charge is 0.328 e. The number of rotatable bonds is 13. The molecule has 3 nitrogen and oxygen atoms in total. The first-order valence-electron chi connectivity index (χ1n) is 8.19. The number of carboxylic acids is 1. The van der Waals surface area contributed by atoms with Gasteiger partial charge in [-0.2, -0.15) is 0 Å². The monoisotopic (exact) mass is 296 g/mol. The molecule has 0 heterocycles. The normalized spacial score (nSPS) is 14.8. The summed E-state index contributed by atoms with van der Waals surface area (Å²) >= 11 is 0. The molecule has 0 amide bonds. The van der Waals surface area contributed by atoms with Crippen molar-refractivity contribution < 1.29 is 14.6 Å². The Hall–Kier alpha value is -1.09. The van der Waals surface area contributed by atoms with Crippen LogP contribution >= 0.6 is 0 Å². The summed E-state index contributed by atoms with van der Waals surface area (Å²) in [6, 6.07) is 0. The van der Waals surface area contributed by atoms with Gasteiger partial charge in [0.25, 0.3) is 0 Å². The van der Waals surface area contributed by atoms with Crippen LogP contribution in [0, 0.1) is 5.92 Å². The number of allylic oxidation sites excluding steroid dienone is 2. The summed E-state index contributed by atoms with van der Waals surface area (Å²) in [6.07, 6.45) is 16.5. The minimum Gasteiger partial charge on any atom is -0.478 e.